The fourth-order valence-electron chi connectivity index (χ4n) is 3.08. The molecule has 1 rings (SSSR count). The Kier molecular flexibility index (Phi) is 11.1. The number of unbranched alkanes of at least 4 members (excludes halogenated alkanes) is 3. The number of carbonyl (C=O) groups excluding carboxylic acids is 1. The maximum Gasteiger partial charge on any atom is 0.232 e. The van der Waals surface area contributed by atoms with Gasteiger partial charge in [-0.05, 0) is 37.7 Å². The molecule has 0 saturated heterocycles. The first-order chi connectivity index (χ1) is 12.2. The summed E-state index contributed by atoms with van der Waals surface area (Å²) in [4.78, 5) is 23.8. The topological polar surface area (TPSA) is 46.1 Å². The smallest absolute Gasteiger partial charge is 0.232 e. The highest BCUT2D eigenvalue weighted by Gasteiger charge is 2.26. The lowest BCUT2D eigenvalue weighted by molar-refractivity contribution is -0.119. The number of anilines is 1. The van der Waals surface area contributed by atoms with E-state index in [0.29, 0.717) is 12.4 Å². The van der Waals surface area contributed by atoms with E-state index in [4.69, 9.17) is 0 Å². The van der Waals surface area contributed by atoms with E-state index in [1.807, 2.05) is 17.3 Å². The van der Waals surface area contributed by atoms with Gasteiger partial charge in [0.25, 0.3) is 0 Å². The van der Waals surface area contributed by atoms with Crippen molar-refractivity contribution in [1.82, 2.24) is 9.97 Å². The first-order valence-corrected chi connectivity index (χ1v) is 10.3. The van der Waals surface area contributed by atoms with Crippen LogP contribution >= 0.6 is 0 Å². The summed E-state index contributed by atoms with van der Waals surface area (Å²) in [6, 6.07) is 0.223. The van der Waals surface area contributed by atoms with Crippen LogP contribution in [0.4, 0.5) is 5.95 Å². The van der Waals surface area contributed by atoms with Gasteiger partial charge in [0.15, 0.2) is 0 Å². The van der Waals surface area contributed by atoms with Crippen LogP contribution in [0, 0.1) is 0 Å². The van der Waals surface area contributed by atoms with Crippen molar-refractivity contribution in [2.45, 2.75) is 104 Å². The SMILES string of the molecule is CCCCc1cnc(N(C(=O)CCC)C(CCCC)CCCC)nc1. The molecule has 0 saturated carbocycles. The third kappa shape index (κ3) is 7.54. The zero-order valence-corrected chi connectivity index (χ0v) is 16.8. The maximum absolute atomic E-state index is 12.8. The molecular formula is C21H37N3O. The molecule has 1 amide bonds. The van der Waals surface area contributed by atoms with Crippen LogP contribution in [-0.4, -0.2) is 21.9 Å². The monoisotopic (exact) mass is 347 g/mol. The summed E-state index contributed by atoms with van der Waals surface area (Å²) in [5.41, 5.74) is 1.16. The van der Waals surface area contributed by atoms with E-state index in [-0.39, 0.29) is 11.9 Å². The van der Waals surface area contributed by atoms with Gasteiger partial charge in [0.2, 0.25) is 11.9 Å². The number of hydrogen-bond acceptors (Lipinski definition) is 3. The van der Waals surface area contributed by atoms with E-state index in [1.165, 1.54) is 6.42 Å². The van der Waals surface area contributed by atoms with Crippen LogP contribution in [0.5, 0.6) is 0 Å². The fraction of sp³-hybridized carbons (Fsp3) is 0.762. The quantitative estimate of drug-likeness (QED) is 0.460. The molecule has 0 unspecified atom stereocenters. The normalized spacial score (nSPS) is 11.1. The van der Waals surface area contributed by atoms with Crippen molar-refractivity contribution in [3.63, 3.8) is 0 Å². The van der Waals surface area contributed by atoms with E-state index in [0.717, 1.165) is 63.4 Å². The Morgan fingerprint density at radius 2 is 1.48 bits per heavy atom. The van der Waals surface area contributed by atoms with Crippen LogP contribution in [0.3, 0.4) is 0 Å². The lowest BCUT2D eigenvalue weighted by Crippen LogP contribution is -2.41. The van der Waals surface area contributed by atoms with E-state index in [2.05, 4.69) is 37.7 Å². The predicted octanol–water partition coefficient (Wildman–Crippen LogP) is 5.70. The molecule has 142 valence electrons. The molecule has 0 aromatic carbocycles. The van der Waals surface area contributed by atoms with Gasteiger partial charge in [-0.3, -0.25) is 9.69 Å². The summed E-state index contributed by atoms with van der Waals surface area (Å²) in [5.74, 6) is 0.761. The second-order valence-corrected chi connectivity index (χ2v) is 6.95. The number of aryl methyl sites for hydroxylation is 1. The molecule has 0 fully saturated rings. The van der Waals surface area contributed by atoms with Gasteiger partial charge in [-0.25, -0.2) is 9.97 Å². The van der Waals surface area contributed by atoms with Crippen LogP contribution in [0.2, 0.25) is 0 Å². The Hall–Kier alpha value is -1.45. The first-order valence-electron chi connectivity index (χ1n) is 10.3. The van der Waals surface area contributed by atoms with Gasteiger partial charge < -0.3 is 0 Å². The molecule has 1 aromatic heterocycles. The lowest BCUT2D eigenvalue weighted by Gasteiger charge is -2.30. The predicted molar refractivity (Wildman–Crippen MR) is 106 cm³/mol. The molecule has 0 aliphatic heterocycles. The second-order valence-electron chi connectivity index (χ2n) is 6.95. The van der Waals surface area contributed by atoms with Crippen molar-refractivity contribution in [3.8, 4) is 0 Å². The van der Waals surface area contributed by atoms with Crippen molar-refractivity contribution < 1.29 is 4.79 Å². The van der Waals surface area contributed by atoms with Crippen LogP contribution in [0.25, 0.3) is 0 Å². The van der Waals surface area contributed by atoms with Crippen molar-refractivity contribution in [2.75, 3.05) is 4.90 Å². The molecule has 0 bridgehead atoms. The third-order valence-corrected chi connectivity index (χ3v) is 4.61. The number of rotatable bonds is 13. The van der Waals surface area contributed by atoms with Crippen LogP contribution in [0.1, 0.15) is 97.5 Å². The molecule has 4 nitrogen and oxygen atoms in total. The molecule has 0 N–H and O–H groups in total. The maximum atomic E-state index is 12.8. The molecule has 1 heterocycles. The molecule has 0 atom stereocenters. The minimum Gasteiger partial charge on any atom is -0.278 e. The number of carbonyl (C=O) groups is 1. The lowest BCUT2D eigenvalue weighted by atomic mass is 10.0. The molecule has 4 heteroatoms. The molecule has 25 heavy (non-hydrogen) atoms. The van der Waals surface area contributed by atoms with E-state index in [9.17, 15) is 4.79 Å². The Labute approximate surface area is 154 Å². The Bertz CT molecular complexity index is 465. The number of hydrogen-bond donors (Lipinski definition) is 0. The minimum atomic E-state index is 0.168. The Morgan fingerprint density at radius 3 is 1.96 bits per heavy atom. The van der Waals surface area contributed by atoms with E-state index >= 15 is 0 Å². The van der Waals surface area contributed by atoms with Gasteiger partial charge in [-0.1, -0.05) is 59.8 Å². The molecule has 0 radical (unpaired) electrons. The summed E-state index contributed by atoms with van der Waals surface area (Å²) >= 11 is 0. The largest absolute Gasteiger partial charge is 0.278 e. The Morgan fingerprint density at radius 1 is 0.920 bits per heavy atom. The van der Waals surface area contributed by atoms with Crippen molar-refractivity contribution in [1.29, 1.82) is 0 Å². The highest BCUT2D eigenvalue weighted by Crippen LogP contribution is 2.22. The number of aromatic nitrogens is 2. The molecule has 0 aliphatic carbocycles. The number of amides is 1. The third-order valence-electron chi connectivity index (χ3n) is 4.61. The summed E-state index contributed by atoms with van der Waals surface area (Å²) in [6.45, 7) is 8.65. The van der Waals surface area contributed by atoms with Gasteiger partial charge in [0.05, 0.1) is 0 Å². The van der Waals surface area contributed by atoms with E-state index in [1.54, 1.807) is 0 Å². The number of nitrogens with zero attached hydrogens (tertiary/aromatic N) is 3. The molecular weight excluding hydrogens is 310 g/mol. The first kappa shape index (κ1) is 21.6. The van der Waals surface area contributed by atoms with Crippen molar-refractivity contribution in [2.24, 2.45) is 0 Å². The van der Waals surface area contributed by atoms with Crippen molar-refractivity contribution in [3.05, 3.63) is 18.0 Å². The van der Waals surface area contributed by atoms with Gasteiger partial charge >= 0.3 is 0 Å². The fourth-order valence-corrected chi connectivity index (χ4v) is 3.08. The van der Waals surface area contributed by atoms with Gasteiger partial charge in [0, 0.05) is 24.9 Å². The van der Waals surface area contributed by atoms with Crippen LogP contribution < -0.4 is 4.90 Å². The van der Waals surface area contributed by atoms with Gasteiger partial charge in [0.1, 0.15) is 0 Å². The van der Waals surface area contributed by atoms with Crippen molar-refractivity contribution >= 4 is 11.9 Å². The minimum absolute atomic E-state index is 0.168. The zero-order chi connectivity index (χ0) is 18.5. The standard InChI is InChI=1S/C21H37N3O/c1-5-9-13-18-16-22-21(23-17-18)24(20(25)12-8-4)19(14-10-6-2)15-11-7-3/h16-17,19H,5-15H2,1-4H3. The highest BCUT2D eigenvalue weighted by atomic mass is 16.2. The van der Waals surface area contributed by atoms with Gasteiger partial charge in [-0.15, -0.1) is 0 Å². The van der Waals surface area contributed by atoms with Crippen LogP contribution in [-0.2, 0) is 11.2 Å². The molecule has 0 aliphatic rings. The zero-order valence-electron chi connectivity index (χ0n) is 16.8. The average Bonchev–Trinajstić information content (AvgIpc) is 2.63. The summed E-state index contributed by atoms with van der Waals surface area (Å²) in [6.07, 6.45) is 15.2. The summed E-state index contributed by atoms with van der Waals surface area (Å²) in [7, 11) is 0. The van der Waals surface area contributed by atoms with E-state index < -0.39 is 0 Å². The van der Waals surface area contributed by atoms with Gasteiger partial charge in [-0.2, -0.15) is 0 Å². The summed E-state index contributed by atoms with van der Waals surface area (Å²) < 4.78 is 0. The summed E-state index contributed by atoms with van der Waals surface area (Å²) in [5, 5.41) is 0. The molecule has 0 spiro atoms. The Balaban J connectivity index is 3.01. The molecule has 1 aromatic rings. The highest BCUT2D eigenvalue weighted by molar-refractivity contribution is 5.92. The second kappa shape index (κ2) is 12.8. The van der Waals surface area contributed by atoms with Crippen LogP contribution in [0.15, 0.2) is 12.4 Å². The average molecular weight is 348 g/mol.